The Hall–Kier alpha value is -2.11. The van der Waals surface area contributed by atoms with Gasteiger partial charge in [-0.3, -0.25) is 4.79 Å². The van der Waals surface area contributed by atoms with Crippen LogP contribution in [0, 0.1) is 20.8 Å². The van der Waals surface area contributed by atoms with Gasteiger partial charge in [0.15, 0.2) is 0 Å². The largest absolute Gasteiger partial charge is 0.496 e. The van der Waals surface area contributed by atoms with Crippen molar-refractivity contribution in [1.29, 1.82) is 0 Å². The van der Waals surface area contributed by atoms with Gasteiger partial charge in [-0.05, 0) is 39.0 Å². The maximum Gasteiger partial charge on any atom is 0.218 e. The standard InChI is InChI=1S/C22H31N3O2/c1-16-6-7-22(27-5)19(12-16)14-24-8-10-25(11-9-24)15-21(26)20-13-17(2)23(4)18(20)3/h6-7,12-13H,8-11,14-15H2,1-5H3/p+2. The first kappa shape index (κ1) is 19.6. The lowest BCUT2D eigenvalue weighted by Gasteiger charge is -2.29. The number of nitrogens with one attached hydrogen (secondary N) is 2. The number of ketones is 1. The van der Waals surface area contributed by atoms with Crippen molar-refractivity contribution in [2.24, 2.45) is 7.05 Å². The van der Waals surface area contributed by atoms with E-state index in [1.165, 1.54) is 16.0 Å². The predicted octanol–water partition coefficient (Wildman–Crippen LogP) is 0.125. The summed E-state index contributed by atoms with van der Waals surface area (Å²) in [7, 11) is 3.76. The Labute approximate surface area is 162 Å². The molecule has 0 saturated carbocycles. The molecule has 5 heteroatoms. The Morgan fingerprint density at radius 2 is 1.74 bits per heavy atom. The summed E-state index contributed by atoms with van der Waals surface area (Å²) in [5.74, 6) is 1.25. The molecule has 0 radical (unpaired) electrons. The van der Waals surface area contributed by atoms with Crippen LogP contribution in [0.15, 0.2) is 24.3 Å². The normalized spacial score (nSPS) is 19.9. The predicted molar refractivity (Wildman–Crippen MR) is 107 cm³/mol. The molecule has 0 aliphatic carbocycles. The van der Waals surface area contributed by atoms with Crippen LogP contribution in [0.3, 0.4) is 0 Å². The minimum absolute atomic E-state index is 0.273. The number of quaternary nitrogens is 2. The highest BCUT2D eigenvalue weighted by Crippen LogP contribution is 2.18. The zero-order chi connectivity index (χ0) is 19.6. The highest BCUT2D eigenvalue weighted by Gasteiger charge is 2.27. The molecular formula is C22H33N3O2+2. The van der Waals surface area contributed by atoms with Crippen LogP contribution < -0.4 is 14.5 Å². The van der Waals surface area contributed by atoms with Crippen molar-refractivity contribution in [1.82, 2.24) is 4.57 Å². The Bertz CT molecular complexity index is 817. The second-order valence-electron chi connectivity index (χ2n) is 7.94. The molecule has 1 aliphatic heterocycles. The summed E-state index contributed by atoms with van der Waals surface area (Å²) in [5.41, 5.74) is 5.66. The van der Waals surface area contributed by atoms with Crippen LogP contribution >= 0.6 is 0 Å². The Kier molecular flexibility index (Phi) is 6.02. The van der Waals surface area contributed by atoms with Crippen LogP contribution in [0.1, 0.15) is 32.9 Å². The third-order valence-corrected chi connectivity index (χ3v) is 6.03. The van der Waals surface area contributed by atoms with Gasteiger partial charge in [-0.2, -0.15) is 0 Å². The molecule has 2 N–H and O–H groups in total. The molecule has 0 atom stereocenters. The van der Waals surface area contributed by atoms with Crippen LogP contribution in [0.25, 0.3) is 0 Å². The maximum absolute atomic E-state index is 12.7. The molecule has 0 bridgehead atoms. The number of hydrogen-bond donors (Lipinski definition) is 2. The molecule has 0 amide bonds. The van der Waals surface area contributed by atoms with Gasteiger partial charge in [-0.1, -0.05) is 11.6 Å². The second-order valence-corrected chi connectivity index (χ2v) is 7.94. The van der Waals surface area contributed by atoms with Crippen molar-refractivity contribution in [3.8, 4) is 5.75 Å². The van der Waals surface area contributed by atoms with Gasteiger partial charge < -0.3 is 19.1 Å². The average Bonchev–Trinajstić information content (AvgIpc) is 2.91. The number of carbonyl (C=O) groups is 1. The van der Waals surface area contributed by atoms with Gasteiger partial charge in [0.05, 0.1) is 7.11 Å². The molecule has 0 unspecified atom stereocenters. The van der Waals surface area contributed by atoms with E-state index < -0.39 is 0 Å². The number of ether oxygens (including phenoxy) is 1. The fourth-order valence-electron chi connectivity index (χ4n) is 4.09. The molecular weight excluding hydrogens is 338 g/mol. The molecule has 1 aromatic heterocycles. The number of piperazine rings is 1. The molecule has 2 heterocycles. The summed E-state index contributed by atoms with van der Waals surface area (Å²) in [6.07, 6.45) is 0. The van der Waals surface area contributed by atoms with Gasteiger partial charge >= 0.3 is 0 Å². The van der Waals surface area contributed by atoms with Gasteiger partial charge in [-0.25, -0.2) is 0 Å². The fourth-order valence-corrected chi connectivity index (χ4v) is 4.09. The highest BCUT2D eigenvalue weighted by molar-refractivity contribution is 5.98. The zero-order valence-corrected chi connectivity index (χ0v) is 17.3. The lowest BCUT2D eigenvalue weighted by atomic mass is 10.1. The topological polar surface area (TPSA) is 40.1 Å². The van der Waals surface area contributed by atoms with Crippen molar-refractivity contribution in [3.63, 3.8) is 0 Å². The number of benzene rings is 1. The fraction of sp³-hybridized carbons (Fsp3) is 0.500. The van der Waals surface area contributed by atoms with Gasteiger partial charge in [0.2, 0.25) is 5.78 Å². The van der Waals surface area contributed by atoms with Crippen molar-refractivity contribution in [3.05, 3.63) is 52.3 Å². The lowest BCUT2D eigenvalue weighted by molar-refractivity contribution is -1.01. The number of Topliss-reactive ketones (excluding diaryl/α,β-unsaturated/α-hetero) is 1. The Morgan fingerprint density at radius 3 is 2.33 bits per heavy atom. The number of methoxy groups -OCH3 is 1. The van der Waals surface area contributed by atoms with E-state index in [4.69, 9.17) is 4.74 Å². The average molecular weight is 372 g/mol. The van der Waals surface area contributed by atoms with Crippen LogP contribution in [-0.4, -0.2) is 50.2 Å². The van der Waals surface area contributed by atoms with Gasteiger partial charge in [0, 0.05) is 29.6 Å². The van der Waals surface area contributed by atoms with Crippen LogP contribution in [0.2, 0.25) is 0 Å². The van der Waals surface area contributed by atoms with Crippen LogP contribution in [0.4, 0.5) is 0 Å². The van der Waals surface area contributed by atoms with Crippen LogP contribution in [0.5, 0.6) is 5.75 Å². The zero-order valence-electron chi connectivity index (χ0n) is 17.3. The Balaban J connectivity index is 1.55. The monoisotopic (exact) mass is 371 g/mol. The van der Waals surface area contributed by atoms with Crippen molar-refractivity contribution in [2.45, 2.75) is 27.3 Å². The highest BCUT2D eigenvalue weighted by atomic mass is 16.5. The van der Waals surface area contributed by atoms with E-state index in [1.54, 1.807) is 12.0 Å². The summed E-state index contributed by atoms with van der Waals surface area (Å²) >= 11 is 0. The summed E-state index contributed by atoms with van der Waals surface area (Å²) in [4.78, 5) is 15.7. The molecule has 1 fully saturated rings. The maximum atomic E-state index is 12.7. The van der Waals surface area contributed by atoms with E-state index in [2.05, 4.69) is 36.6 Å². The van der Waals surface area contributed by atoms with Gasteiger partial charge in [-0.15, -0.1) is 0 Å². The second kappa shape index (κ2) is 8.28. The number of aromatic nitrogens is 1. The molecule has 5 nitrogen and oxygen atoms in total. The van der Waals surface area contributed by atoms with Gasteiger partial charge in [0.25, 0.3) is 0 Å². The van der Waals surface area contributed by atoms with E-state index in [1.807, 2.05) is 20.0 Å². The molecule has 27 heavy (non-hydrogen) atoms. The molecule has 3 rings (SSSR count). The first-order valence-corrected chi connectivity index (χ1v) is 9.85. The molecule has 1 saturated heterocycles. The first-order valence-electron chi connectivity index (χ1n) is 9.85. The summed E-state index contributed by atoms with van der Waals surface area (Å²) < 4.78 is 7.62. The summed E-state index contributed by atoms with van der Waals surface area (Å²) in [5, 5.41) is 0. The van der Waals surface area contributed by atoms with Crippen LogP contribution in [-0.2, 0) is 13.6 Å². The molecule has 0 spiro atoms. The van der Waals surface area contributed by atoms with Crippen molar-refractivity contribution in [2.75, 3.05) is 39.8 Å². The lowest BCUT2D eigenvalue weighted by Crippen LogP contribution is -3.27. The SMILES string of the molecule is COc1ccc(C)cc1C[NH+]1CC[NH+](CC(=O)c2cc(C)n(C)c2C)CC1. The number of aryl methyl sites for hydroxylation is 2. The van der Waals surface area contributed by atoms with Crippen molar-refractivity contribution >= 4 is 5.78 Å². The third kappa shape index (κ3) is 4.42. The number of rotatable bonds is 6. The van der Waals surface area contributed by atoms with E-state index in [0.29, 0.717) is 6.54 Å². The first-order chi connectivity index (χ1) is 12.9. The number of hydrogen-bond acceptors (Lipinski definition) is 2. The minimum atomic E-state index is 0.273. The van der Waals surface area contributed by atoms with Crippen molar-refractivity contribution < 1.29 is 19.3 Å². The Morgan fingerprint density at radius 1 is 1.07 bits per heavy atom. The minimum Gasteiger partial charge on any atom is -0.496 e. The van der Waals surface area contributed by atoms with Gasteiger partial charge in [0.1, 0.15) is 45.0 Å². The summed E-state index contributed by atoms with van der Waals surface area (Å²) in [6.45, 7) is 12.1. The molecule has 1 aliphatic rings. The molecule has 146 valence electrons. The number of carbonyl (C=O) groups excluding carboxylic acids is 1. The van der Waals surface area contributed by atoms with E-state index in [-0.39, 0.29) is 5.78 Å². The molecule has 2 aromatic rings. The van der Waals surface area contributed by atoms with E-state index in [0.717, 1.165) is 55.4 Å². The van der Waals surface area contributed by atoms with E-state index >= 15 is 0 Å². The molecule has 1 aromatic carbocycles. The smallest absolute Gasteiger partial charge is 0.218 e. The quantitative estimate of drug-likeness (QED) is 0.709. The number of nitrogens with zero attached hydrogens (tertiary/aromatic N) is 1. The summed E-state index contributed by atoms with van der Waals surface area (Å²) in [6, 6.07) is 8.42. The van der Waals surface area contributed by atoms with E-state index in [9.17, 15) is 4.79 Å². The third-order valence-electron chi connectivity index (χ3n) is 6.03.